The van der Waals surface area contributed by atoms with E-state index in [1.54, 1.807) is 13.2 Å². The van der Waals surface area contributed by atoms with E-state index < -0.39 is 5.92 Å². The Morgan fingerprint density at radius 1 is 0.935 bits per heavy atom. The van der Waals surface area contributed by atoms with Crippen molar-refractivity contribution in [1.82, 2.24) is 5.16 Å². The van der Waals surface area contributed by atoms with E-state index in [1.807, 2.05) is 72.8 Å². The predicted molar refractivity (Wildman–Crippen MR) is 113 cm³/mol. The Kier molecular flexibility index (Phi) is 4.88. The van der Waals surface area contributed by atoms with Gasteiger partial charge >= 0.3 is 5.97 Å². The molecule has 0 N–H and O–H groups in total. The number of aromatic nitrogens is 1. The maximum atomic E-state index is 13.1. The zero-order chi connectivity index (χ0) is 21.2. The Balaban J connectivity index is 1.36. The number of rotatable bonds is 5. The van der Waals surface area contributed by atoms with Gasteiger partial charge in [0, 0.05) is 22.8 Å². The van der Waals surface area contributed by atoms with Crippen LogP contribution in [0.5, 0.6) is 17.2 Å². The highest BCUT2D eigenvalue weighted by atomic mass is 16.5. The first kappa shape index (κ1) is 18.9. The average Bonchev–Trinajstić information content (AvgIpc) is 3.30. The Labute approximate surface area is 179 Å². The van der Waals surface area contributed by atoms with E-state index in [1.165, 1.54) is 0 Å². The van der Waals surface area contributed by atoms with Gasteiger partial charge in [-0.2, -0.15) is 0 Å². The zero-order valence-electron chi connectivity index (χ0n) is 16.8. The first-order valence-corrected chi connectivity index (χ1v) is 9.85. The van der Waals surface area contributed by atoms with Crippen molar-refractivity contribution in [3.63, 3.8) is 0 Å². The molecule has 31 heavy (non-hydrogen) atoms. The lowest BCUT2D eigenvalue weighted by Gasteiger charge is -2.26. The molecule has 0 unspecified atom stereocenters. The van der Waals surface area contributed by atoms with Gasteiger partial charge < -0.3 is 18.7 Å². The quantitative estimate of drug-likeness (QED) is 0.412. The summed E-state index contributed by atoms with van der Waals surface area (Å²) in [6, 6.07) is 24.2. The van der Waals surface area contributed by atoms with E-state index in [9.17, 15) is 4.79 Å². The van der Waals surface area contributed by atoms with E-state index >= 15 is 0 Å². The number of nitrogens with zero attached hydrogens (tertiary/aromatic N) is 1. The minimum atomic E-state index is -0.564. The first-order valence-electron chi connectivity index (χ1n) is 9.85. The molecule has 0 spiro atoms. The van der Waals surface area contributed by atoms with E-state index in [0.29, 0.717) is 23.0 Å². The molecular weight excluding hydrogens is 394 g/mol. The minimum absolute atomic E-state index is 0.00793. The SMILES string of the molecule is COc1cccc(-c2cc(COC(=O)C3c4ccccc4Oc4ccccc43)no2)c1. The Morgan fingerprint density at radius 3 is 2.35 bits per heavy atom. The molecule has 0 amide bonds. The van der Waals surface area contributed by atoms with Crippen molar-refractivity contribution < 1.29 is 23.5 Å². The molecule has 3 aromatic carbocycles. The van der Waals surface area contributed by atoms with Crippen LogP contribution in [-0.4, -0.2) is 18.2 Å². The number of methoxy groups -OCH3 is 1. The summed E-state index contributed by atoms with van der Waals surface area (Å²) in [4.78, 5) is 13.1. The van der Waals surface area contributed by atoms with Crippen LogP contribution in [0, 0.1) is 0 Å². The molecule has 0 aliphatic carbocycles. The summed E-state index contributed by atoms with van der Waals surface area (Å²) in [5.41, 5.74) is 2.92. The number of esters is 1. The van der Waals surface area contributed by atoms with Crippen LogP contribution >= 0.6 is 0 Å². The van der Waals surface area contributed by atoms with Crippen molar-refractivity contribution in [2.75, 3.05) is 7.11 Å². The molecule has 0 radical (unpaired) electrons. The van der Waals surface area contributed by atoms with Gasteiger partial charge in [-0.1, -0.05) is 53.7 Å². The Morgan fingerprint density at radius 2 is 1.65 bits per heavy atom. The molecule has 0 saturated heterocycles. The molecule has 1 aliphatic rings. The normalized spacial score (nSPS) is 12.4. The minimum Gasteiger partial charge on any atom is -0.497 e. The van der Waals surface area contributed by atoms with Crippen molar-refractivity contribution >= 4 is 5.97 Å². The molecule has 0 atom stereocenters. The number of hydrogen-bond donors (Lipinski definition) is 0. The fourth-order valence-corrected chi connectivity index (χ4v) is 3.68. The van der Waals surface area contributed by atoms with Gasteiger partial charge in [0.2, 0.25) is 0 Å². The van der Waals surface area contributed by atoms with E-state index in [-0.39, 0.29) is 12.6 Å². The van der Waals surface area contributed by atoms with Crippen LogP contribution in [0.2, 0.25) is 0 Å². The largest absolute Gasteiger partial charge is 0.497 e. The van der Waals surface area contributed by atoms with Gasteiger partial charge in [-0.25, -0.2) is 0 Å². The van der Waals surface area contributed by atoms with Crippen LogP contribution in [0.1, 0.15) is 22.7 Å². The van der Waals surface area contributed by atoms with Gasteiger partial charge in [-0.15, -0.1) is 0 Å². The van der Waals surface area contributed by atoms with Crippen LogP contribution in [0.15, 0.2) is 83.4 Å². The lowest BCUT2D eigenvalue weighted by molar-refractivity contribution is -0.146. The van der Waals surface area contributed by atoms with Gasteiger partial charge in [0.1, 0.15) is 35.5 Å². The topological polar surface area (TPSA) is 70.8 Å². The first-order chi connectivity index (χ1) is 15.2. The summed E-state index contributed by atoms with van der Waals surface area (Å²) in [6.45, 7) is 0.00793. The molecule has 5 rings (SSSR count). The maximum Gasteiger partial charge on any atom is 0.318 e. The maximum absolute atomic E-state index is 13.1. The molecule has 1 aliphatic heterocycles. The van der Waals surface area contributed by atoms with Crippen LogP contribution in [0.3, 0.4) is 0 Å². The highest BCUT2D eigenvalue weighted by molar-refractivity contribution is 5.85. The van der Waals surface area contributed by atoms with Crippen LogP contribution in [0.4, 0.5) is 0 Å². The highest BCUT2D eigenvalue weighted by Gasteiger charge is 2.33. The van der Waals surface area contributed by atoms with Crippen LogP contribution in [-0.2, 0) is 16.1 Å². The number of hydrogen-bond acceptors (Lipinski definition) is 6. The van der Waals surface area contributed by atoms with Crippen molar-refractivity contribution in [3.8, 4) is 28.6 Å². The molecule has 6 nitrogen and oxygen atoms in total. The van der Waals surface area contributed by atoms with E-state index in [2.05, 4.69) is 5.16 Å². The standard InChI is InChI=1S/C25H19NO5/c1-28-18-8-6-7-16(13-18)23-14-17(26-31-23)15-29-25(27)24-19-9-2-4-11-21(19)30-22-12-5-3-10-20(22)24/h2-14,24H,15H2,1H3. The number of benzene rings is 3. The Hall–Kier alpha value is -4.06. The average molecular weight is 413 g/mol. The second-order valence-electron chi connectivity index (χ2n) is 7.13. The van der Waals surface area contributed by atoms with E-state index in [4.69, 9.17) is 18.7 Å². The summed E-state index contributed by atoms with van der Waals surface area (Å²) in [5.74, 6) is 1.68. The van der Waals surface area contributed by atoms with Gasteiger partial charge in [0.25, 0.3) is 0 Å². The third kappa shape index (κ3) is 3.64. The van der Waals surface area contributed by atoms with Gasteiger partial charge in [0.05, 0.1) is 7.11 Å². The van der Waals surface area contributed by atoms with Gasteiger partial charge in [0.15, 0.2) is 5.76 Å². The van der Waals surface area contributed by atoms with Crippen molar-refractivity contribution in [3.05, 3.63) is 95.7 Å². The number of para-hydroxylation sites is 2. The van der Waals surface area contributed by atoms with Gasteiger partial charge in [-0.3, -0.25) is 4.79 Å². The second kappa shape index (κ2) is 7.99. The predicted octanol–water partition coefficient (Wildman–Crippen LogP) is 5.33. The fourth-order valence-electron chi connectivity index (χ4n) is 3.68. The molecule has 154 valence electrons. The van der Waals surface area contributed by atoms with Crippen LogP contribution in [0.25, 0.3) is 11.3 Å². The molecule has 0 fully saturated rings. The Bertz CT molecular complexity index is 1200. The van der Waals surface area contributed by atoms with Crippen molar-refractivity contribution in [2.45, 2.75) is 12.5 Å². The molecule has 2 heterocycles. The summed E-state index contributed by atoms with van der Waals surface area (Å²) < 4.78 is 22.2. The third-order valence-electron chi connectivity index (χ3n) is 5.19. The summed E-state index contributed by atoms with van der Waals surface area (Å²) in [5, 5.41) is 4.04. The monoisotopic (exact) mass is 413 g/mol. The lowest BCUT2D eigenvalue weighted by Crippen LogP contribution is -2.21. The van der Waals surface area contributed by atoms with E-state index in [0.717, 1.165) is 22.4 Å². The highest BCUT2D eigenvalue weighted by Crippen LogP contribution is 2.44. The molecule has 1 aromatic heterocycles. The molecule has 0 saturated carbocycles. The van der Waals surface area contributed by atoms with Crippen LogP contribution < -0.4 is 9.47 Å². The number of fused-ring (bicyclic) bond motifs is 2. The summed E-state index contributed by atoms with van der Waals surface area (Å²) >= 11 is 0. The summed E-state index contributed by atoms with van der Waals surface area (Å²) in [7, 11) is 1.61. The smallest absolute Gasteiger partial charge is 0.318 e. The molecule has 4 aromatic rings. The number of ether oxygens (including phenoxy) is 3. The molecule has 0 bridgehead atoms. The zero-order valence-corrected chi connectivity index (χ0v) is 16.8. The number of carbonyl (C=O) groups is 1. The number of carbonyl (C=O) groups excluding carboxylic acids is 1. The summed E-state index contributed by atoms with van der Waals surface area (Å²) in [6.07, 6.45) is 0. The molecule has 6 heteroatoms. The van der Waals surface area contributed by atoms with Gasteiger partial charge in [-0.05, 0) is 24.3 Å². The van der Waals surface area contributed by atoms with Crippen molar-refractivity contribution in [2.24, 2.45) is 0 Å². The van der Waals surface area contributed by atoms with Crippen molar-refractivity contribution in [1.29, 1.82) is 0 Å². The second-order valence-corrected chi connectivity index (χ2v) is 7.13. The molecular formula is C25H19NO5. The third-order valence-corrected chi connectivity index (χ3v) is 5.19. The fraction of sp³-hybridized carbons (Fsp3) is 0.120. The lowest BCUT2D eigenvalue weighted by atomic mass is 9.88.